The molecule has 0 spiro atoms. The Labute approximate surface area is 100 Å². The molecule has 0 aliphatic heterocycles. The largest absolute Gasteiger partial charge is 0.391 e. The van der Waals surface area contributed by atoms with Crippen molar-refractivity contribution in [1.29, 1.82) is 0 Å². The van der Waals surface area contributed by atoms with Gasteiger partial charge in [0.15, 0.2) is 0 Å². The molecule has 16 heavy (non-hydrogen) atoms. The molecule has 88 valence electrons. The van der Waals surface area contributed by atoms with Crippen LogP contribution in [-0.2, 0) is 0 Å². The number of amides is 1. The number of aryl methyl sites for hydroxylation is 1. The summed E-state index contributed by atoms with van der Waals surface area (Å²) in [7, 11) is 0. The maximum Gasteiger partial charge on any atom is 0.252 e. The fourth-order valence-electron chi connectivity index (χ4n) is 1.25. The van der Waals surface area contributed by atoms with E-state index in [1.165, 1.54) is 0 Å². The van der Waals surface area contributed by atoms with Gasteiger partial charge in [-0.3, -0.25) is 4.79 Å². The van der Waals surface area contributed by atoms with Gasteiger partial charge in [0.25, 0.3) is 5.91 Å². The highest BCUT2D eigenvalue weighted by Gasteiger charge is 2.11. The molecule has 0 saturated carbocycles. The summed E-state index contributed by atoms with van der Waals surface area (Å²) in [6, 6.07) is 5.26. The molecule has 0 bridgehead atoms. The van der Waals surface area contributed by atoms with E-state index in [1.807, 2.05) is 19.9 Å². The summed E-state index contributed by atoms with van der Waals surface area (Å²) in [6.45, 7) is 4.02. The molecular weight excluding hydrogens is 226 g/mol. The molecule has 0 aliphatic carbocycles. The third-order valence-corrected chi connectivity index (χ3v) is 2.65. The zero-order valence-corrected chi connectivity index (χ0v) is 10.2. The molecular formula is C12H16ClNO2. The molecule has 0 aromatic heterocycles. The van der Waals surface area contributed by atoms with Gasteiger partial charge in [-0.25, -0.2) is 0 Å². The second kappa shape index (κ2) is 5.87. The van der Waals surface area contributed by atoms with Crippen LogP contribution >= 0.6 is 11.6 Å². The first-order valence-electron chi connectivity index (χ1n) is 5.27. The van der Waals surface area contributed by atoms with E-state index in [0.717, 1.165) is 5.56 Å². The molecule has 1 amide bonds. The number of carbonyl (C=O) groups excluding carboxylic acids is 1. The minimum atomic E-state index is -0.506. The average Bonchev–Trinajstić information content (AvgIpc) is 2.25. The molecule has 0 heterocycles. The van der Waals surface area contributed by atoms with Crippen LogP contribution in [0.2, 0.25) is 5.02 Å². The predicted octanol–water partition coefficient (Wildman–Crippen LogP) is 2.15. The number of rotatable bonds is 4. The quantitative estimate of drug-likeness (QED) is 0.849. The molecule has 0 fully saturated rings. The topological polar surface area (TPSA) is 49.3 Å². The number of aliphatic hydroxyl groups is 1. The lowest BCUT2D eigenvalue weighted by Gasteiger charge is -2.10. The van der Waals surface area contributed by atoms with Crippen molar-refractivity contribution < 1.29 is 9.90 Å². The van der Waals surface area contributed by atoms with Crippen molar-refractivity contribution >= 4 is 17.5 Å². The number of halogens is 1. The molecule has 1 rings (SSSR count). The van der Waals surface area contributed by atoms with Gasteiger partial charge in [-0.05, 0) is 31.0 Å². The van der Waals surface area contributed by atoms with Gasteiger partial charge >= 0.3 is 0 Å². The van der Waals surface area contributed by atoms with E-state index < -0.39 is 6.10 Å². The summed E-state index contributed by atoms with van der Waals surface area (Å²) in [6.07, 6.45) is 0.107. The highest BCUT2D eigenvalue weighted by molar-refractivity contribution is 6.33. The van der Waals surface area contributed by atoms with E-state index in [4.69, 9.17) is 11.6 Å². The van der Waals surface area contributed by atoms with Crippen molar-refractivity contribution in [2.75, 3.05) is 6.54 Å². The highest BCUT2D eigenvalue weighted by atomic mass is 35.5. The fourth-order valence-corrected chi connectivity index (χ4v) is 1.58. The molecule has 4 heteroatoms. The van der Waals surface area contributed by atoms with Crippen LogP contribution in [0.5, 0.6) is 0 Å². The lowest BCUT2D eigenvalue weighted by atomic mass is 10.1. The van der Waals surface area contributed by atoms with Crippen molar-refractivity contribution in [3.8, 4) is 0 Å². The standard InChI is InChI=1S/C12H16ClNO2/c1-3-9(15)7-14-12(16)10-5-4-8(2)6-11(10)13/h4-6,9,15H,3,7H2,1-2H3,(H,14,16). The Hall–Kier alpha value is -1.06. The Morgan fingerprint density at radius 2 is 2.25 bits per heavy atom. The fraction of sp³-hybridized carbons (Fsp3) is 0.417. The Morgan fingerprint density at radius 3 is 2.81 bits per heavy atom. The molecule has 0 radical (unpaired) electrons. The monoisotopic (exact) mass is 241 g/mol. The van der Waals surface area contributed by atoms with Crippen LogP contribution in [0.4, 0.5) is 0 Å². The Balaban J connectivity index is 2.66. The molecule has 1 aromatic rings. The van der Waals surface area contributed by atoms with E-state index in [-0.39, 0.29) is 12.5 Å². The maximum atomic E-state index is 11.7. The van der Waals surface area contributed by atoms with Crippen LogP contribution in [0.3, 0.4) is 0 Å². The normalized spacial score (nSPS) is 12.2. The molecule has 1 atom stereocenters. The summed E-state index contributed by atoms with van der Waals surface area (Å²) in [4.78, 5) is 11.7. The summed E-state index contributed by atoms with van der Waals surface area (Å²) >= 11 is 5.95. The van der Waals surface area contributed by atoms with Crippen molar-refractivity contribution in [3.05, 3.63) is 34.3 Å². The lowest BCUT2D eigenvalue weighted by molar-refractivity contribution is 0.0914. The molecule has 3 nitrogen and oxygen atoms in total. The van der Waals surface area contributed by atoms with Crippen LogP contribution in [0.25, 0.3) is 0 Å². The van der Waals surface area contributed by atoms with Crippen LogP contribution in [0.1, 0.15) is 29.3 Å². The highest BCUT2D eigenvalue weighted by Crippen LogP contribution is 2.17. The summed E-state index contributed by atoms with van der Waals surface area (Å²) in [5.74, 6) is -0.252. The third-order valence-electron chi connectivity index (χ3n) is 2.34. The van der Waals surface area contributed by atoms with Gasteiger partial charge in [-0.15, -0.1) is 0 Å². The van der Waals surface area contributed by atoms with Gasteiger partial charge in [-0.2, -0.15) is 0 Å². The van der Waals surface area contributed by atoms with Crippen molar-refractivity contribution in [1.82, 2.24) is 5.32 Å². The molecule has 0 aliphatic rings. The molecule has 0 saturated heterocycles. The predicted molar refractivity (Wildman–Crippen MR) is 64.8 cm³/mol. The number of benzene rings is 1. The molecule has 1 aromatic carbocycles. The Morgan fingerprint density at radius 1 is 1.56 bits per heavy atom. The van der Waals surface area contributed by atoms with E-state index in [2.05, 4.69) is 5.32 Å². The van der Waals surface area contributed by atoms with Gasteiger partial charge in [0.1, 0.15) is 0 Å². The summed E-state index contributed by atoms with van der Waals surface area (Å²) in [5.41, 5.74) is 1.45. The third kappa shape index (κ3) is 3.51. The van der Waals surface area contributed by atoms with Crippen LogP contribution in [-0.4, -0.2) is 23.7 Å². The van der Waals surface area contributed by atoms with Gasteiger partial charge in [0.2, 0.25) is 0 Å². The SMILES string of the molecule is CCC(O)CNC(=O)c1ccc(C)cc1Cl. The van der Waals surface area contributed by atoms with Gasteiger partial charge < -0.3 is 10.4 Å². The zero-order chi connectivity index (χ0) is 12.1. The first-order valence-corrected chi connectivity index (χ1v) is 5.64. The summed E-state index contributed by atoms with van der Waals surface area (Å²) < 4.78 is 0. The van der Waals surface area contributed by atoms with Crippen LogP contribution < -0.4 is 5.32 Å². The minimum absolute atomic E-state index is 0.250. The number of aliphatic hydroxyl groups excluding tert-OH is 1. The number of hydrogen-bond acceptors (Lipinski definition) is 2. The van der Waals surface area contributed by atoms with Gasteiger partial charge in [0, 0.05) is 6.54 Å². The van der Waals surface area contributed by atoms with Crippen molar-refractivity contribution in [2.45, 2.75) is 26.4 Å². The number of nitrogens with one attached hydrogen (secondary N) is 1. The van der Waals surface area contributed by atoms with E-state index in [1.54, 1.807) is 12.1 Å². The van der Waals surface area contributed by atoms with Crippen molar-refractivity contribution in [3.63, 3.8) is 0 Å². The Kier molecular flexibility index (Phi) is 4.77. The van der Waals surface area contributed by atoms with Crippen LogP contribution in [0, 0.1) is 6.92 Å². The van der Waals surface area contributed by atoms with E-state index in [9.17, 15) is 9.90 Å². The molecule has 1 unspecified atom stereocenters. The summed E-state index contributed by atoms with van der Waals surface area (Å²) in [5, 5.41) is 12.4. The van der Waals surface area contributed by atoms with Gasteiger partial charge in [-0.1, -0.05) is 24.6 Å². The molecule has 2 N–H and O–H groups in total. The Bertz CT molecular complexity index is 379. The van der Waals surface area contributed by atoms with Gasteiger partial charge in [0.05, 0.1) is 16.7 Å². The average molecular weight is 242 g/mol. The second-order valence-electron chi connectivity index (χ2n) is 3.76. The zero-order valence-electron chi connectivity index (χ0n) is 9.46. The lowest BCUT2D eigenvalue weighted by Crippen LogP contribution is -2.31. The van der Waals surface area contributed by atoms with Crippen molar-refractivity contribution in [2.24, 2.45) is 0 Å². The smallest absolute Gasteiger partial charge is 0.252 e. The number of carbonyl (C=O) groups is 1. The minimum Gasteiger partial charge on any atom is -0.391 e. The maximum absolute atomic E-state index is 11.7. The van der Waals surface area contributed by atoms with Crippen LogP contribution in [0.15, 0.2) is 18.2 Å². The number of hydrogen-bond donors (Lipinski definition) is 2. The van der Waals surface area contributed by atoms with E-state index in [0.29, 0.717) is 17.0 Å². The second-order valence-corrected chi connectivity index (χ2v) is 4.16. The van der Waals surface area contributed by atoms with E-state index >= 15 is 0 Å². The first-order chi connectivity index (χ1) is 7.54. The first kappa shape index (κ1) is 13.0.